The van der Waals surface area contributed by atoms with Crippen LogP contribution in [0.5, 0.6) is 0 Å². The molecule has 1 heterocycles. The predicted molar refractivity (Wildman–Crippen MR) is 209 cm³/mol. The normalized spacial score (nSPS) is 14.2. The molecule has 0 saturated carbocycles. The van der Waals surface area contributed by atoms with Gasteiger partial charge in [0.1, 0.15) is 6.61 Å². The summed E-state index contributed by atoms with van der Waals surface area (Å²) in [5, 5.41) is 8.76. The summed E-state index contributed by atoms with van der Waals surface area (Å²) in [5.74, 6) is -4.38. The zero-order valence-corrected chi connectivity index (χ0v) is 35.0. The minimum absolute atomic E-state index is 0.00256. The average Bonchev–Trinajstić information content (AvgIpc) is 3.17. The Kier molecular flexibility index (Phi) is 25.9. The number of rotatable bonds is 23. The number of carbonyl (C=O) groups is 6. The van der Waals surface area contributed by atoms with Gasteiger partial charge in [0.15, 0.2) is 0 Å². The second kappa shape index (κ2) is 27.1. The molecule has 0 spiro atoms. The maximum atomic E-state index is 11.4. The van der Waals surface area contributed by atoms with Gasteiger partial charge in [-0.25, -0.2) is 24.0 Å². The van der Waals surface area contributed by atoms with Crippen molar-refractivity contribution in [1.29, 1.82) is 0 Å². The van der Waals surface area contributed by atoms with E-state index in [1.807, 2.05) is 41.5 Å². The zero-order chi connectivity index (χ0) is 44.3. The van der Waals surface area contributed by atoms with Crippen LogP contribution in [0.1, 0.15) is 68.2 Å². The molecule has 1 saturated heterocycles. The molecule has 0 unspecified atom stereocenters. The van der Waals surface area contributed by atoms with Gasteiger partial charge in [0.05, 0.1) is 72.3 Å². The number of hydrogen-bond donors (Lipinski definition) is 1. The van der Waals surface area contributed by atoms with Crippen LogP contribution in [0.4, 0.5) is 0 Å². The van der Waals surface area contributed by atoms with E-state index < -0.39 is 52.6 Å². The summed E-state index contributed by atoms with van der Waals surface area (Å²) in [6, 6.07) is 0. The van der Waals surface area contributed by atoms with Crippen molar-refractivity contribution in [2.75, 3.05) is 66.1 Å². The van der Waals surface area contributed by atoms with E-state index in [0.717, 1.165) is 30.4 Å². The maximum Gasteiger partial charge on any atom is 0.330 e. The number of hydrogen-bond acceptors (Lipinski definition) is 16. The van der Waals surface area contributed by atoms with Crippen molar-refractivity contribution in [3.63, 3.8) is 0 Å². The van der Waals surface area contributed by atoms with Gasteiger partial charge >= 0.3 is 35.8 Å². The molecule has 57 heavy (non-hydrogen) atoms. The zero-order valence-electron chi connectivity index (χ0n) is 35.0. The molecule has 1 aliphatic rings. The summed E-state index contributed by atoms with van der Waals surface area (Å²) in [6.07, 6.45) is 5.57. The van der Waals surface area contributed by atoms with Crippen LogP contribution in [0.25, 0.3) is 0 Å². The summed E-state index contributed by atoms with van der Waals surface area (Å²) in [4.78, 5) is 66.1. The van der Waals surface area contributed by atoms with E-state index in [-0.39, 0.29) is 76.5 Å². The number of aliphatic hydroxyl groups is 1. The highest BCUT2D eigenvalue weighted by Crippen LogP contribution is 2.34. The van der Waals surface area contributed by atoms with Crippen molar-refractivity contribution in [3.8, 4) is 0 Å². The Hall–Kier alpha value is -4.64. The highest BCUT2D eigenvalue weighted by atomic mass is 16.9. The molecule has 324 valence electrons. The summed E-state index contributed by atoms with van der Waals surface area (Å²) in [6.45, 7) is 33.2. The van der Waals surface area contributed by atoms with Crippen LogP contribution in [0.15, 0.2) is 63.3 Å². The third-order valence-electron chi connectivity index (χ3n) is 6.95. The van der Waals surface area contributed by atoms with Gasteiger partial charge in [-0.2, -0.15) is 0 Å². The van der Waals surface area contributed by atoms with Gasteiger partial charge in [-0.15, -0.1) is 0 Å². The highest BCUT2D eigenvalue weighted by Gasteiger charge is 2.43. The second-order valence-electron chi connectivity index (χ2n) is 15.7. The largest absolute Gasteiger partial charge is 0.465 e. The third kappa shape index (κ3) is 28.4. The average molecular weight is 813 g/mol. The smallest absolute Gasteiger partial charge is 0.330 e. The minimum Gasteiger partial charge on any atom is -0.465 e. The highest BCUT2D eigenvalue weighted by molar-refractivity contribution is 5.82. The number of carbonyl (C=O) groups excluding carboxylic acids is 6. The molecule has 16 heteroatoms. The standard InChI is InChI=1S/C19H30O7.C14H20O6.C8H14O3/c1-7-15(20)22-10-9-19(25-13-18(5,6)14-26-19)24-12-17(3,4)11-23-16(21)8-2;1-5-11(15)18-8-7-13(17)20-10-14(3,4)9-19-12(16)6-2;1-4-7(10)11-6-8(2,3)5-9/h7-8H,1-2,9-14H2,3-6H3;5-6H,1-2,7-10H2,3-4H3;4,9H,1,5-6H2,2-3H3. The molecule has 0 aromatic heterocycles. The van der Waals surface area contributed by atoms with Gasteiger partial charge in [0.25, 0.3) is 5.97 Å². The van der Waals surface area contributed by atoms with Crippen LogP contribution >= 0.6 is 0 Å². The van der Waals surface area contributed by atoms with Gasteiger partial charge in [0, 0.05) is 52.0 Å². The van der Waals surface area contributed by atoms with Crippen molar-refractivity contribution in [1.82, 2.24) is 0 Å². The third-order valence-corrected chi connectivity index (χ3v) is 6.95. The lowest BCUT2D eigenvalue weighted by Crippen LogP contribution is -2.51. The Morgan fingerprint density at radius 3 is 1.32 bits per heavy atom. The predicted octanol–water partition coefficient (Wildman–Crippen LogP) is 4.74. The molecule has 0 atom stereocenters. The van der Waals surface area contributed by atoms with Crippen molar-refractivity contribution in [2.45, 2.75) is 74.2 Å². The monoisotopic (exact) mass is 812 g/mol. The van der Waals surface area contributed by atoms with Crippen LogP contribution in [-0.2, 0) is 71.4 Å². The van der Waals surface area contributed by atoms with E-state index in [1.165, 1.54) is 0 Å². The fourth-order valence-corrected chi connectivity index (χ4v) is 3.38. The minimum atomic E-state index is -1.31. The fourth-order valence-electron chi connectivity index (χ4n) is 3.38. The van der Waals surface area contributed by atoms with E-state index in [1.54, 1.807) is 13.8 Å². The molecule has 0 aliphatic carbocycles. The maximum absolute atomic E-state index is 11.4. The summed E-state index contributed by atoms with van der Waals surface area (Å²) < 4.78 is 47.0. The van der Waals surface area contributed by atoms with Crippen molar-refractivity contribution < 1.29 is 76.5 Å². The van der Waals surface area contributed by atoms with E-state index in [0.29, 0.717) is 13.2 Å². The summed E-state index contributed by atoms with van der Waals surface area (Å²) in [5.41, 5.74) is -1.48. The molecule has 1 aliphatic heterocycles. The van der Waals surface area contributed by atoms with Crippen LogP contribution in [0, 0.1) is 21.7 Å². The van der Waals surface area contributed by atoms with Gasteiger partial charge in [-0.3, -0.25) is 4.79 Å². The number of esters is 6. The van der Waals surface area contributed by atoms with Crippen LogP contribution in [-0.4, -0.2) is 113 Å². The Bertz CT molecular complexity index is 1350. The lowest BCUT2D eigenvalue weighted by molar-refractivity contribution is -0.424. The second-order valence-corrected chi connectivity index (χ2v) is 15.7. The quantitative estimate of drug-likeness (QED) is 0.0840. The van der Waals surface area contributed by atoms with Crippen LogP contribution in [0.3, 0.4) is 0 Å². The topological polar surface area (TPSA) is 206 Å². The molecule has 0 amide bonds. The number of ether oxygens (including phenoxy) is 9. The lowest BCUT2D eigenvalue weighted by atomic mass is 9.95. The van der Waals surface area contributed by atoms with E-state index >= 15 is 0 Å². The Balaban J connectivity index is 0. The first-order valence-electron chi connectivity index (χ1n) is 18.0. The Labute approximate surface area is 337 Å². The molecule has 1 N–H and O–H groups in total. The SMILES string of the molecule is C=CC(=O)OCC(C)(C)CO.C=CC(=O)OCCC(=O)OCC(C)(C)COC(=O)C=C.C=CC(=O)OCCC1(OCC(C)(C)COC(=O)C=C)OCC(C)(C)CO1. The summed E-state index contributed by atoms with van der Waals surface area (Å²) in [7, 11) is 0. The molecule has 0 aromatic carbocycles. The fraction of sp³-hybridized carbons (Fsp3) is 0.610. The van der Waals surface area contributed by atoms with Crippen molar-refractivity contribution in [3.05, 3.63) is 63.3 Å². The Morgan fingerprint density at radius 1 is 0.561 bits per heavy atom. The lowest BCUT2D eigenvalue weighted by Gasteiger charge is -2.43. The van der Waals surface area contributed by atoms with Gasteiger partial charge in [-0.1, -0.05) is 88.3 Å². The van der Waals surface area contributed by atoms with E-state index in [9.17, 15) is 28.8 Å². The molecular weight excluding hydrogens is 748 g/mol. The first kappa shape index (κ1) is 54.5. The van der Waals surface area contributed by atoms with Gasteiger partial charge in [0.2, 0.25) is 0 Å². The molecule has 1 fully saturated rings. The molecular formula is C41H64O16. The first-order valence-corrected chi connectivity index (χ1v) is 18.0. The Morgan fingerprint density at radius 2 is 0.912 bits per heavy atom. The van der Waals surface area contributed by atoms with Crippen molar-refractivity contribution in [2.24, 2.45) is 21.7 Å². The van der Waals surface area contributed by atoms with E-state index in [2.05, 4.69) is 37.6 Å². The molecule has 1 rings (SSSR count). The van der Waals surface area contributed by atoms with Crippen LogP contribution < -0.4 is 0 Å². The first-order chi connectivity index (χ1) is 26.3. The number of aliphatic hydroxyl groups excluding tert-OH is 1. The van der Waals surface area contributed by atoms with Gasteiger partial charge < -0.3 is 47.7 Å². The van der Waals surface area contributed by atoms with Crippen molar-refractivity contribution >= 4 is 35.8 Å². The van der Waals surface area contributed by atoms with Crippen LogP contribution in [0.2, 0.25) is 0 Å². The molecule has 0 bridgehead atoms. The molecule has 0 aromatic rings. The van der Waals surface area contributed by atoms with E-state index in [4.69, 9.17) is 43.0 Å². The summed E-state index contributed by atoms with van der Waals surface area (Å²) >= 11 is 0. The van der Waals surface area contributed by atoms with Gasteiger partial charge in [-0.05, 0) is 0 Å². The molecule has 16 nitrogen and oxygen atoms in total. The molecule has 0 radical (unpaired) electrons.